The lowest BCUT2D eigenvalue weighted by atomic mass is 9.94. The van der Waals surface area contributed by atoms with Crippen LogP contribution >= 0.6 is 0 Å². The Labute approximate surface area is 92.8 Å². The van der Waals surface area contributed by atoms with Crippen molar-refractivity contribution >= 4 is 0 Å². The number of nitrogens with one attached hydrogen (secondary N) is 1. The van der Waals surface area contributed by atoms with E-state index in [1.807, 2.05) is 0 Å². The fraction of sp³-hybridized carbons (Fsp3) is 1.00. The molecule has 0 radical (unpaired) electrons. The Morgan fingerprint density at radius 1 is 1.20 bits per heavy atom. The van der Waals surface area contributed by atoms with Crippen molar-refractivity contribution in [3.05, 3.63) is 0 Å². The van der Waals surface area contributed by atoms with Crippen LogP contribution in [0.25, 0.3) is 0 Å². The SMILES string of the molecule is OCCCCCN1CC2CCCNC2C1. The Morgan fingerprint density at radius 2 is 2.13 bits per heavy atom. The maximum Gasteiger partial charge on any atom is 0.0431 e. The van der Waals surface area contributed by atoms with Crippen LogP contribution in [0.1, 0.15) is 32.1 Å². The number of piperidine rings is 1. The molecule has 2 heterocycles. The van der Waals surface area contributed by atoms with Crippen molar-refractivity contribution in [3.63, 3.8) is 0 Å². The monoisotopic (exact) mass is 212 g/mol. The number of fused-ring (bicyclic) bond motifs is 1. The zero-order valence-electron chi connectivity index (χ0n) is 9.62. The number of likely N-dealkylation sites (tertiary alicyclic amines) is 1. The fourth-order valence-electron chi connectivity index (χ4n) is 2.94. The smallest absolute Gasteiger partial charge is 0.0431 e. The Bertz CT molecular complexity index is 172. The molecule has 2 fully saturated rings. The Kier molecular flexibility index (Phi) is 4.42. The van der Waals surface area contributed by atoms with Crippen molar-refractivity contribution in [2.45, 2.75) is 38.1 Å². The maximum absolute atomic E-state index is 8.70. The van der Waals surface area contributed by atoms with Gasteiger partial charge in [-0.3, -0.25) is 0 Å². The van der Waals surface area contributed by atoms with Crippen molar-refractivity contribution in [1.29, 1.82) is 0 Å². The summed E-state index contributed by atoms with van der Waals surface area (Å²) in [7, 11) is 0. The van der Waals surface area contributed by atoms with Crippen LogP contribution in [0, 0.1) is 5.92 Å². The number of aliphatic hydroxyl groups excluding tert-OH is 1. The van der Waals surface area contributed by atoms with Gasteiger partial charge < -0.3 is 15.3 Å². The zero-order chi connectivity index (χ0) is 10.5. The molecule has 2 rings (SSSR count). The Hall–Kier alpha value is -0.120. The molecule has 0 saturated carbocycles. The maximum atomic E-state index is 8.70. The molecule has 88 valence electrons. The molecule has 0 bridgehead atoms. The molecule has 2 aliphatic rings. The van der Waals surface area contributed by atoms with Crippen LogP contribution in [0.2, 0.25) is 0 Å². The van der Waals surface area contributed by atoms with Gasteiger partial charge in [-0.1, -0.05) is 0 Å². The van der Waals surface area contributed by atoms with Gasteiger partial charge in [0.05, 0.1) is 0 Å². The second-order valence-corrected chi connectivity index (χ2v) is 5.01. The number of nitrogens with zero attached hydrogens (tertiary/aromatic N) is 1. The molecule has 15 heavy (non-hydrogen) atoms. The predicted octanol–water partition coefficient (Wildman–Crippen LogP) is 0.833. The van der Waals surface area contributed by atoms with E-state index in [0.29, 0.717) is 6.61 Å². The minimum Gasteiger partial charge on any atom is -0.396 e. The molecule has 0 aromatic heterocycles. The van der Waals surface area contributed by atoms with Crippen molar-refractivity contribution in [3.8, 4) is 0 Å². The number of hydrogen-bond acceptors (Lipinski definition) is 3. The van der Waals surface area contributed by atoms with Crippen molar-refractivity contribution < 1.29 is 5.11 Å². The Morgan fingerprint density at radius 3 is 2.93 bits per heavy atom. The second-order valence-electron chi connectivity index (χ2n) is 5.01. The van der Waals surface area contributed by atoms with Gasteiger partial charge in [-0.25, -0.2) is 0 Å². The largest absolute Gasteiger partial charge is 0.396 e. The summed E-state index contributed by atoms with van der Waals surface area (Å²) in [6, 6.07) is 0.775. The molecule has 0 aromatic rings. The first kappa shape index (κ1) is 11.4. The summed E-state index contributed by atoms with van der Waals surface area (Å²) in [6.45, 7) is 5.36. The lowest BCUT2D eigenvalue weighted by Gasteiger charge is -2.24. The quantitative estimate of drug-likeness (QED) is 0.663. The highest BCUT2D eigenvalue weighted by atomic mass is 16.2. The average Bonchev–Trinajstić information content (AvgIpc) is 2.67. The van der Waals surface area contributed by atoms with Crippen LogP contribution in [0.15, 0.2) is 0 Å². The van der Waals surface area contributed by atoms with E-state index in [0.717, 1.165) is 18.4 Å². The molecule has 2 saturated heterocycles. The lowest BCUT2D eigenvalue weighted by molar-refractivity contribution is 0.270. The van der Waals surface area contributed by atoms with Gasteiger partial charge in [0.15, 0.2) is 0 Å². The molecule has 0 amide bonds. The van der Waals surface area contributed by atoms with Gasteiger partial charge in [0.25, 0.3) is 0 Å². The van der Waals surface area contributed by atoms with Crippen LogP contribution in [-0.2, 0) is 0 Å². The van der Waals surface area contributed by atoms with E-state index >= 15 is 0 Å². The van der Waals surface area contributed by atoms with Crippen LogP contribution in [0.4, 0.5) is 0 Å². The standard InChI is InChI=1S/C12H24N2O/c15-8-3-1-2-7-14-9-11-5-4-6-13-12(11)10-14/h11-13,15H,1-10H2. The first-order chi connectivity index (χ1) is 7.40. The summed E-state index contributed by atoms with van der Waals surface area (Å²) in [4.78, 5) is 2.60. The molecule has 0 aliphatic carbocycles. The third-order valence-electron chi connectivity index (χ3n) is 3.81. The topological polar surface area (TPSA) is 35.5 Å². The van der Waals surface area contributed by atoms with Crippen molar-refractivity contribution in [2.75, 3.05) is 32.8 Å². The zero-order valence-corrected chi connectivity index (χ0v) is 9.62. The van der Waals surface area contributed by atoms with Gasteiger partial charge >= 0.3 is 0 Å². The highest BCUT2D eigenvalue weighted by Crippen LogP contribution is 2.24. The normalized spacial score (nSPS) is 31.8. The highest BCUT2D eigenvalue weighted by molar-refractivity contribution is 4.91. The van der Waals surface area contributed by atoms with Crippen LogP contribution < -0.4 is 5.32 Å². The molecule has 3 heteroatoms. The highest BCUT2D eigenvalue weighted by Gasteiger charge is 2.33. The summed E-state index contributed by atoms with van der Waals surface area (Å²) < 4.78 is 0. The Balaban J connectivity index is 1.63. The van der Waals surface area contributed by atoms with Gasteiger partial charge in [-0.05, 0) is 51.1 Å². The lowest BCUT2D eigenvalue weighted by Crippen LogP contribution is -2.40. The van der Waals surface area contributed by atoms with Gasteiger partial charge in [-0.15, -0.1) is 0 Å². The van der Waals surface area contributed by atoms with Crippen molar-refractivity contribution in [1.82, 2.24) is 10.2 Å². The molecule has 2 atom stereocenters. The van der Waals surface area contributed by atoms with Gasteiger partial charge in [-0.2, -0.15) is 0 Å². The van der Waals surface area contributed by atoms with E-state index in [2.05, 4.69) is 10.2 Å². The van der Waals surface area contributed by atoms with E-state index in [4.69, 9.17) is 5.11 Å². The molecule has 2 N–H and O–H groups in total. The van der Waals surface area contributed by atoms with Gasteiger partial charge in [0.2, 0.25) is 0 Å². The van der Waals surface area contributed by atoms with Gasteiger partial charge in [0, 0.05) is 25.7 Å². The third kappa shape index (κ3) is 3.16. The minimum absolute atomic E-state index is 0.354. The van der Waals surface area contributed by atoms with E-state index in [1.54, 1.807) is 0 Å². The fourth-order valence-corrected chi connectivity index (χ4v) is 2.94. The summed E-state index contributed by atoms with van der Waals surface area (Å²) in [5, 5.41) is 12.3. The van der Waals surface area contributed by atoms with Gasteiger partial charge in [0.1, 0.15) is 0 Å². The third-order valence-corrected chi connectivity index (χ3v) is 3.81. The molecule has 2 unspecified atom stereocenters. The van der Waals surface area contributed by atoms with Crippen LogP contribution in [0.5, 0.6) is 0 Å². The first-order valence-corrected chi connectivity index (χ1v) is 6.47. The summed E-state index contributed by atoms with van der Waals surface area (Å²) in [5.74, 6) is 0.914. The number of rotatable bonds is 5. The summed E-state index contributed by atoms with van der Waals surface area (Å²) in [6.07, 6.45) is 6.18. The van der Waals surface area contributed by atoms with E-state index in [-0.39, 0.29) is 0 Å². The molecular formula is C12H24N2O. The minimum atomic E-state index is 0.354. The van der Waals surface area contributed by atoms with Crippen molar-refractivity contribution in [2.24, 2.45) is 5.92 Å². The van der Waals surface area contributed by atoms with Crippen LogP contribution in [0.3, 0.4) is 0 Å². The van der Waals surface area contributed by atoms with Crippen LogP contribution in [-0.4, -0.2) is 48.8 Å². The summed E-state index contributed by atoms with van der Waals surface area (Å²) >= 11 is 0. The van der Waals surface area contributed by atoms with E-state index < -0.39 is 0 Å². The number of hydrogen-bond donors (Lipinski definition) is 2. The molecule has 0 spiro atoms. The molecule has 0 aromatic carbocycles. The summed E-state index contributed by atoms with van der Waals surface area (Å²) in [5.41, 5.74) is 0. The number of aliphatic hydroxyl groups is 1. The van der Waals surface area contributed by atoms with E-state index in [1.165, 1.54) is 51.9 Å². The predicted molar refractivity (Wildman–Crippen MR) is 61.9 cm³/mol. The molecule has 2 aliphatic heterocycles. The second kappa shape index (κ2) is 5.83. The molecular weight excluding hydrogens is 188 g/mol. The average molecular weight is 212 g/mol. The van der Waals surface area contributed by atoms with E-state index in [9.17, 15) is 0 Å². The molecule has 3 nitrogen and oxygen atoms in total. The first-order valence-electron chi connectivity index (χ1n) is 6.47. The number of unbranched alkanes of at least 4 members (excludes halogenated alkanes) is 2.